The Bertz CT molecular complexity index is 1160. The lowest BCUT2D eigenvalue weighted by molar-refractivity contribution is -0.135. The first-order valence-corrected chi connectivity index (χ1v) is 12.0. The lowest BCUT2D eigenvalue weighted by Gasteiger charge is -2.29. The SMILES string of the molecule is O=C(COc1ccc(Cl)cc1)N(Cc1cccc2ccccc12)[C@H]1CCS(=O)(=O)C1. The average Bonchev–Trinajstić information content (AvgIpc) is 3.10. The molecule has 1 amide bonds. The van der Waals surface area contributed by atoms with Crippen LogP contribution in [0.2, 0.25) is 5.02 Å². The summed E-state index contributed by atoms with van der Waals surface area (Å²) < 4.78 is 29.8. The highest BCUT2D eigenvalue weighted by atomic mass is 35.5. The van der Waals surface area contributed by atoms with Crippen LogP contribution in [-0.4, -0.2) is 43.4 Å². The van der Waals surface area contributed by atoms with E-state index in [4.69, 9.17) is 16.3 Å². The van der Waals surface area contributed by atoms with Gasteiger partial charge in [-0.05, 0) is 47.0 Å². The summed E-state index contributed by atoms with van der Waals surface area (Å²) in [7, 11) is -3.13. The van der Waals surface area contributed by atoms with E-state index in [1.54, 1.807) is 29.2 Å². The zero-order valence-electron chi connectivity index (χ0n) is 16.3. The molecule has 0 N–H and O–H groups in total. The molecule has 3 aromatic rings. The van der Waals surface area contributed by atoms with Crippen molar-refractivity contribution in [2.45, 2.75) is 19.0 Å². The van der Waals surface area contributed by atoms with Crippen molar-refractivity contribution in [2.75, 3.05) is 18.1 Å². The van der Waals surface area contributed by atoms with Gasteiger partial charge in [0.2, 0.25) is 0 Å². The van der Waals surface area contributed by atoms with Gasteiger partial charge in [0, 0.05) is 17.6 Å². The molecule has 0 aliphatic carbocycles. The van der Waals surface area contributed by atoms with E-state index in [1.807, 2.05) is 42.5 Å². The van der Waals surface area contributed by atoms with E-state index in [2.05, 4.69) is 0 Å². The first-order chi connectivity index (χ1) is 14.4. The third-order valence-corrected chi connectivity index (χ3v) is 7.37. The molecule has 0 aromatic heterocycles. The van der Waals surface area contributed by atoms with Crippen LogP contribution >= 0.6 is 11.6 Å². The van der Waals surface area contributed by atoms with E-state index >= 15 is 0 Å². The van der Waals surface area contributed by atoms with Crippen molar-refractivity contribution >= 4 is 38.1 Å². The Morgan fingerprint density at radius 3 is 2.50 bits per heavy atom. The fourth-order valence-corrected chi connectivity index (χ4v) is 5.67. The molecule has 1 aliphatic heterocycles. The summed E-state index contributed by atoms with van der Waals surface area (Å²) >= 11 is 5.89. The van der Waals surface area contributed by atoms with Crippen molar-refractivity contribution in [3.05, 3.63) is 77.3 Å². The fourth-order valence-electron chi connectivity index (χ4n) is 3.81. The number of sulfone groups is 1. The number of amides is 1. The second-order valence-electron chi connectivity index (χ2n) is 7.46. The van der Waals surface area contributed by atoms with Gasteiger partial charge in [0.1, 0.15) is 5.75 Å². The number of nitrogens with zero attached hydrogens (tertiary/aromatic N) is 1. The molecule has 30 heavy (non-hydrogen) atoms. The number of benzene rings is 3. The van der Waals surface area contributed by atoms with Crippen molar-refractivity contribution in [1.82, 2.24) is 4.90 Å². The Balaban J connectivity index is 1.57. The number of carbonyl (C=O) groups is 1. The molecular formula is C23H22ClNO4S. The predicted molar refractivity (Wildman–Crippen MR) is 119 cm³/mol. The monoisotopic (exact) mass is 443 g/mol. The van der Waals surface area contributed by atoms with Gasteiger partial charge in [-0.3, -0.25) is 4.79 Å². The zero-order chi connectivity index (χ0) is 21.1. The molecule has 1 aliphatic rings. The van der Waals surface area contributed by atoms with Crippen molar-refractivity contribution in [2.24, 2.45) is 0 Å². The van der Waals surface area contributed by atoms with Crippen LogP contribution in [0.5, 0.6) is 5.75 Å². The number of halogens is 1. The van der Waals surface area contributed by atoms with Gasteiger partial charge in [-0.1, -0.05) is 54.1 Å². The first kappa shape index (κ1) is 20.7. The molecule has 1 heterocycles. The highest BCUT2D eigenvalue weighted by molar-refractivity contribution is 7.91. The standard InChI is InChI=1S/C23H22ClNO4S/c24-19-8-10-21(11-9-19)29-15-23(26)25(20-12-13-30(27,28)16-20)14-18-6-3-5-17-4-1-2-7-22(17)18/h1-11,20H,12-16H2/t20-/m0/s1. The fraction of sp³-hybridized carbons (Fsp3) is 0.261. The second-order valence-corrected chi connectivity index (χ2v) is 10.1. The van der Waals surface area contributed by atoms with Crippen LogP contribution in [0.1, 0.15) is 12.0 Å². The Morgan fingerprint density at radius 1 is 1.03 bits per heavy atom. The maximum absolute atomic E-state index is 13.1. The van der Waals surface area contributed by atoms with Crippen LogP contribution in [0, 0.1) is 0 Å². The summed E-state index contributed by atoms with van der Waals surface area (Å²) in [6.07, 6.45) is 0.444. The van der Waals surface area contributed by atoms with Crippen molar-refractivity contribution < 1.29 is 17.9 Å². The van der Waals surface area contributed by atoms with Crippen LogP contribution in [-0.2, 0) is 21.2 Å². The van der Waals surface area contributed by atoms with E-state index in [-0.39, 0.29) is 30.1 Å². The lowest BCUT2D eigenvalue weighted by atomic mass is 10.0. The van der Waals surface area contributed by atoms with Crippen molar-refractivity contribution in [1.29, 1.82) is 0 Å². The summed E-state index contributed by atoms with van der Waals surface area (Å²) in [4.78, 5) is 14.8. The molecule has 1 atom stereocenters. The van der Waals surface area contributed by atoms with Gasteiger partial charge in [0.25, 0.3) is 5.91 Å². The van der Waals surface area contributed by atoms with Crippen molar-refractivity contribution in [3.63, 3.8) is 0 Å². The molecular weight excluding hydrogens is 422 g/mol. The van der Waals surface area contributed by atoms with Crippen LogP contribution in [0.25, 0.3) is 10.8 Å². The second kappa shape index (κ2) is 8.66. The molecule has 0 unspecified atom stereocenters. The van der Waals surface area contributed by atoms with Gasteiger partial charge < -0.3 is 9.64 Å². The summed E-state index contributed by atoms with van der Waals surface area (Å²) in [6.45, 7) is 0.174. The highest BCUT2D eigenvalue weighted by Gasteiger charge is 2.35. The molecule has 4 rings (SSSR count). The van der Waals surface area contributed by atoms with Gasteiger partial charge in [0.05, 0.1) is 11.5 Å². The topological polar surface area (TPSA) is 63.7 Å². The minimum atomic E-state index is -3.13. The number of rotatable bonds is 6. The van der Waals surface area contributed by atoms with Crippen LogP contribution < -0.4 is 4.74 Å². The summed E-state index contributed by atoms with van der Waals surface area (Å²) in [5.41, 5.74) is 0.984. The maximum Gasteiger partial charge on any atom is 0.261 e. The number of hydrogen-bond acceptors (Lipinski definition) is 4. The number of carbonyl (C=O) groups excluding carboxylic acids is 1. The van der Waals surface area contributed by atoms with E-state index in [1.165, 1.54) is 0 Å². The Morgan fingerprint density at radius 2 is 1.77 bits per heavy atom. The van der Waals surface area contributed by atoms with Gasteiger partial charge in [-0.15, -0.1) is 0 Å². The molecule has 0 bridgehead atoms. The maximum atomic E-state index is 13.1. The Hall–Kier alpha value is -2.57. The quantitative estimate of drug-likeness (QED) is 0.575. The van der Waals surface area contributed by atoms with Gasteiger partial charge in [0.15, 0.2) is 16.4 Å². The Kier molecular flexibility index (Phi) is 5.97. The van der Waals surface area contributed by atoms with E-state index < -0.39 is 9.84 Å². The highest BCUT2D eigenvalue weighted by Crippen LogP contribution is 2.25. The Labute approximate surface area is 181 Å². The average molecular weight is 444 g/mol. The zero-order valence-corrected chi connectivity index (χ0v) is 17.9. The largest absolute Gasteiger partial charge is 0.484 e. The van der Waals surface area contributed by atoms with Gasteiger partial charge in [-0.2, -0.15) is 0 Å². The minimum Gasteiger partial charge on any atom is -0.484 e. The molecule has 5 nitrogen and oxygen atoms in total. The van der Waals surface area contributed by atoms with E-state index in [9.17, 15) is 13.2 Å². The minimum absolute atomic E-state index is 0.00947. The first-order valence-electron chi connectivity index (χ1n) is 9.76. The summed E-state index contributed by atoms with van der Waals surface area (Å²) in [5, 5.41) is 2.72. The molecule has 7 heteroatoms. The summed E-state index contributed by atoms with van der Waals surface area (Å²) in [6, 6.07) is 20.4. The van der Waals surface area contributed by atoms with Gasteiger partial charge in [-0.25, -0.2) is 8.42 Å². The normalized spacial score (nSPS) is 17.7. The summed E-state index contributed by atoms with van der Waals surface area (Å²) in [5.74, 6) is 0.399. The number of ether oxygens (including phenoxy) is 1. The molecule has 0 saturated carbocycles. The molecule has 1 saturated heterocycles. The van der Waals surface area contributed by atoms with Crippen LogP contribution in [0.4, 0.5) is 0 Å². The number of fused-ring (bicyclic) bond motifs is 1. The van der Waals surface area contributed by atoms with E-state index in [0.29, 0.717) is 23.7 Å². The third kappa shape index (κ3) is 4.77. The molecule has 3 aromatic carbocycles. The third-order valence-electron chi connectivity index (χ3n) is 5.37. The van der Waals surface area contributed by atoms with Crippen LogP contribution in [0.3, 0.4) is 0 Å². The predicted octanol–water partition coefficient (Wildman–Crippen LogP) is 4.09. The van der Waals surface area contributed by atoms with Crippen molar-refractivity contribution in [3.8, 4) is 5.75 Å². The lowest BCUT2D eigenvalue weighted by Crippen LogP contribution is -2.43. The molecule has 0 radical (unpaired) electrons. The smallest absolute Gasteiger partial charge is 0.261 e. The van der Waals surface area contributed by atoms with Gasteiger partial charge >= 0.3 is 0 Å². The molecule has 0 spiro atoms. The molecule has 1 fully saturated rings. The molecule has 156 valence electrons. The number of hydrogen-bond donors (Lipinski definition) is 0. The van der Waals surface area contributed by atoms with Crippen LogP contribution in [0.15, 0.2) is 66.7 Å². The van der Waals surface area contributed by atoms with E-state index in [0.717, 1.165) is 16.3 Å².